The molecule has 4 nitrogen and oxygen atoms in total. The predicted molar refractivity (Wildman–Crippen MR) is 107 cm³/mol. The molecule has 0 saturated carbocycles. The number of hydrogen-bond acceptors (Lipinski definition) is 4. The summed E-state index contributed by atoms with van der Waals surface area (Å²) < 4.78 is 25.3. The summed E-state index contributed by atoms with van der Waals surface area (Å²) in [6, 6.07) is 22.1. The Hall–Kier alpha value is -2.15. The van der Waals surface area contributed by atoms with E-state index in [0.29, 0.717) is 0 Å². The molecule has 6 heteroatoms. The molecule has 0 spiro atoms. The Morgan fingerprint density at radius 3 is 2.12 bits per heavy atom. The Kier molecular flexibility index (Phi) is 5.76. The van der Waals surface area contributed by atoms with Crippen LogP contribution in [-0.4, -0.2) is 31.8 Å². The van der Waals surface area contributed by atoms with Gasteiger partial charge in [0.05, 0.1) is 5.03 Å². The van der Waals surface area contributed by atoms with Crippen LogP contribution in [0.2, 0.25) is 0 Å². The van der Waals surface area contributed by atoms with Crippen molar-refractivity contribution in [2.24, 2.45) is 0 Å². The number of pyridine rings is 1. The number of benzene rings is 2. The highest BCUT2D eigenvalue weighted by molar-refractivity contribution is 7.98. The van der Waals surface area contributed by atoms with Crippen LogP contribution in [0.5, 0.6) is 0 Å². The van der Waals surface area contributed by atoms with Gasteiger partial charge in [-0.1, -0.05) is 54.6 Å². The Balaban J connectivity index is 1.64. The van der Waals surface area contributed by atoms with Gasteiger partial charge >= 0.3 is 0 Å². The number of nitrogens with zero attached hydrogens (tertiary/aromatic N) is 2. The van der Waals surface area contributed by atoms with Crippen molar-refractivity contribution < 1.29 is 8.42 Å². The van der Waals surface area contributed by atoms with Crippen LogP contribution in [0.3, 0.4) is 0 Å². The second kappa shape index (κ2) is 8.03. The molecule has 1 heterocycles. The van der Waals surface area contributed by atoms with Gasteiger partial charge in [0.15, 0.2) is 0 Å². The first-order valence-electron chi connectivity index (χ1n) is 8.12. The molecule has 0 atom stereocenters. The molecule has 0 N–H and O–H groups in total. The Morgan fingerprint density at radius 2 is 1.54 bits per heavy atom. The molecule has 0 radical (unpaired) electrons. The smallest absolute Gasteiger partial charge is 0.244 e. The highest BCUT2D eigenvalue weighted by Gasteiger charge is 2.17. The Labute approximate surface area is 159 Å². The summed E-state index contributed by atoms with van der Waals surface area (Å²) in [6.45, 7) is 0. The van der Waals surface area contributed by atoms with Crippen molar-refractivity contribution in [2.75, 3.05) is 14.1 Å². The Morgan fingerprint density at radius 1 is 0.885 bits per heavy atom. The zero-order valence-corrected chi connectivity index (χ0v) is 16.3. The number of rotatable bonds is 6. The molecule has 0 aliphatic heterocycles. The van der Waals surface area contributed by atoms with Gasteiger partial charge in [0.1, 0.15) is 4.90 Å². The fourth-order valence-corrected chi connectivity index (χ4v) is 4.04. The fourth-order valence-electron chi connectivity index (χ4n) is 2.40. The first kappa shape index (κ1) is 18.6. The summed E-state index contributed by atoms with van der Waals surface area (Å²) >= 11 is 1.58. The summed E-state index contributed by atoms with van der Waals surface area (Å²) in [7, 11) is -0.408. The summed E-state index contributed by atoms with van der Waals surface area (Å²) in [5.74, 6) is 0.780. The molecule has 134 valence electrons. The maximum Gasteiger partial charge on any atom is 0.244 e. The van der Waals surface area contributed by atoms with Crippen LogP contribution in [-0.2, 0) is 15.8 Å². The molecule has 3 aromatic rings. The van der Waals surface area contributed by atoms with Gasteiger partial charge in [-0.05, 0) is 28.8 Å². The van der Waals surface area contributed by atoms with Crippen molar-refractivity contribution in [1.82, 2.24) is 9.29 Å². The van der Waals surface area contributed by atoms with Crippen molar-refractivity contribution in [2.45, 2.75) is 15.7 Å². The van der Waals surface area contributed by atoms with Crippen LogP contribution in [0, 0.1) is 0 Å². The molecule has 0 aliphatic rings. The van der Waals surface area contributed by atoms with E-state index < -0.39 is 10.0 Å². The average molecular weight is 385 g/mol. The lowest BCUT2D eigenvalue weighted by Gasteiger charge is -2.11. The summed E-state index contributed by atoms with van der Waals surface area (Å²) in [5.41, 5.74) is 3.59. The average Bonchev–Trinajstić information content (AvgIpc) is 2.67. The maximum atomic E-state index is 12.1. The highest BCUT2D eigenvalue weighted by Crippen LogP contribution is 2.25. The Bertz CT molecular complexity index is 953. The zero-order chi connectivity index (χ0) is 18.6. The molecule has 0 fully saturated rings. The van der Waals surface area contributed by atoms with Gasteiger partial charge in [-0.3, -0.25) is 0 Å². The van der Waals surface area contributed by atoms with Gasteiger partial charge in [0.25, 0.3) is 0 Å². The van der Waals surface area contributed by atoms with E-state index in [9.17, 15) is 8.42 Å². The number of hydrogen-bond donors (Lipinski definition) is 0. The molecular weight excluding hydrogens is 364 g/mol. The quantitative estimate of drug-likeness (QED) is 0.595. The normalized spacial score (nSPS) is 11.7. The molecule has 0 unspecified atom stereocenters. The molecule has 0 bridgehead atoms. The molecule has 0 aliphatic carbocycles. The van der Waals surface area contributed by atoms with Gasteiger partial charge in [0.2, 0.25) is 10.0 Å². The van der Waals surface area contributed by atoms with Gasteiger partial charge < -0.3 is 0 Å². The van der Waals surface area contributed by atoms with E-state index in [1.54, 1.807) is 23.9 Å². The standard InChI is InChI=1S/C20H20N2O2S2/c1-22(2)26(23,24)19-12-13-20(21-14-19)25-15-16-8-10-18(11-9-16)17-6-4-3-5-7-17/h3-14H,15H2,1-2H3. The van der Waals surface area contributed by atoms with Crippen molar-refractivity contribution in [1.29, 1.82) is 0 Å². The second-order valence-corrected chi connectivity index (χ2v) is 9.12. The minimum Gasteiger partial charge on any atom is -0.249 e. The molecule has 26 heavy (non-hydrogen) atoms. The van der Waals surface area contributed by atoms with Gasteiger partial charge in [0, 0.05) is 26.0 Å². The number of sulfonamides is 1. The molecule has 0 saturated heterocycles. The zero-order valence-electron chi connectivity index (χ0n) is 14.7. The minimum atomic E-state index is -3.43. The summed E-state index contributed by atoms with van der Waals surface area (Å²) in [5, 5.41) is 0.801. The first-order chi connectivity index (χ1) is 12.5. The molecule has 1 aromatic heterocycles. The van der Waals surface area contributed by atoms with Crippen molar-refractivity contribution in [3.05, 3.63) is 78.5 Å². The largest absolute Gasteiger partial charge is 0.249 e. The maximum absolute atomic E-state index is 12.1. The van der Waals surface area contributed by atoms with Gasteiger partial charge in [-0.25, -0.2) is 17.7 Å². The van der Waals surface area contributed by atoms with Crippen LogP contribution in [0.1, 0.15) is 5.56 Å². The van der Waals surface area contributed by atoms with E-state index in [0.717, 1.165) is 10.8 Å². The SMILES string of the molecule is CN(C)S(=O)(=O)c1ccc(SCc2ccc(-c3ccccc3)cc2)nc1. The van der Waals surface area contributed by atoms with Crippen molar-refractivity contribution in [3.63, 3.8) is 0 Å². The first-order valence-corrected chi connectivity index (χ1v) is 10.5. The lowest BCUT2D eigenvalue weighted by atomic mass is 10.0. The minimum absolute atomic E-state index is 0.207. The number of aromatic nitrogens is 1. The highest BCUT2D eigenvalue weighted by atomic mass is 32.2. The third-order valence-corrected chi connectivity index (χ3v) is 6.75. The second-order valence-electron chi connectivity index (χ2n) is 5.97. The van der Waals surface area contributed by atoms with E-state index in [1.807, 2.05) is 18.2 Å². The van der Waals surface area contributed by atoms with Crippen LogP contribution in [0.25, 0.3) is 11.1 Å². The van der Waals surface area contributed by atoms with Crippen LogP contribution < -0.4 is 0 Å². The van der Waals surface area contributed by atoms with Gasteiger partial charge in [-0.15, -0.1) is 11.8 Å². The van der Waals surface area contributed by atoms with Gasteiger partial charge in [-0.2, -0.15) is 0 Å². The van der Waals surface area contributed by atoms with E-state index in [2.05, 4.69) is 41.4 Å². The number of thioether (sulfide) groups is 1. The topological polar surface area (TPSA) is 50.3 Å². The third kappa shape index (κ3) is 4.33. The van der Waals surface area contributed by atoms with E-state index in [-0.39, 0.29) is 4.90 Å². The molecule has 0 amide bonds. The van der Waals surface area contributed by atoms with E-state index >= 15 is 0 Å². The van der Waals surface area contributed by atoms with E-state index in [1.165, 1.54) is 41.3 Å². The van der Waals surface area contributed by atoms with Crippen molar-refractivity contribution >= 4 is 21.8 Å². The van der Waals surface area contributed by atoms with Crippen molar-refractivity contribution in [3.8, 4) is 11.1 Å². The lowest BCUT2D eigenvalue weighted by molar-refractivity contribution is 0.520. The molecular formula is C20H20N2O2S2. The molecule has 2 aromatic carbocycles. The lowest BCUT2D eigenvalue weighted by Crippen LogP contribution is -2.22. The van der Waals surface area contributed by atoms with Crippen LogP contribution in [0.4, 0.5) is 0 Å². The summed E-state index contributed by atoms with van der Waals surface area (Å²) in [6.07, 6.45) is 1.41. The summed E-state index contributed by atoms with van der Waals surface area (Å²) in [4.78, 5) is 4.47. The monoisotopic (exact) mass is 384 g/mol. The van der Waals surface area contributed by atoms with Crippen LogP contribution in [0.15, 0.2) is 82.8 Å². The van der Waals surface area contributed by atoms with E-state index in [4.69, 9.17) is 0 Å². The third-order valence-electron chi connectivity index (χ3n) is 3.94. The predicted octanol–water partition coefficient (Wildman–Crippen LogP) is 4.29. The van der Waals surface area contributed by atoms with Crippen LogP contribution >= 0.6 is 11.8 Å². The fraction of sp³-hybridized carbons (Fsp3) is 0.150. The molecule has 3 rings (SSSR count).